The number of nitrogens with one attached hydrogen (secondary N) is 4. The van der Waals surface area contributed by atoms with Crippen LogP contribution in [0.25, 0.3) is 0 Å². The lowest BCUT2D eigenvalue weighted by atomic mass is 10.0. The third-order valence-corrected chi connectivity index (χ3v) is 9.01. The zero-order valence-electron chi connectivity index (χ0n) is 28.8. The van der Waals surface area contributed by atoms with Gasteiger partial charge in [-0.25, -0.2) is 0 Å². The number of hydrogen-bond acceptors (Lipinski definition) is 8. The quantitative estimate of drug-likeness (QED) is 0.286. The first-order valence-corrected chi connectivity index (χ1v) is 17.4. The number of rotatable bonds is 7. The van der Waals surface area contributed by atoms with Crippen LogP contribution >= 0.6 is 0 Å². The molecule has 14 nitrogen and oxygen atoms in total. The van der Waals surface area contributed by atoms with Gasteiger partial charge in [-0.05, 0) is 30.9 Å². The first-order valence-electron chi connectivity index (χ1n) is 17.4. The number of fused-ring (bicyclic) bond motifs is 2. The molecule has 1 saturated heterocycles. The molecule has 2 aliphatic rings. The van der Waals surface area contributed by atoms with Gasteiger partial charge in [0.2, 0.25) is 29.5 Å². The fourth-order valence-electron chi connectivity index (χ4n) is 6.10. The average Bonchev–Trinajstić information content (AvgIpc) is 3.50. The molecule has 6 amide bonds. The molecule has 3 atom stereocenters. The van der Waals surface area contributed by atoms with E-state index in [2.05, 4.69) is 26.4 Å². The van der Waals surface area contributed by atoms with Crippen LogP contribution in [0.4, 0.5) is 0 Å². The number of hydrogen-bond donors (Lipinski definition) is 4. The molecule has 0 aliphatic carbocycles. The van der Waals surface area contributed by atoms with E-state index in [1.165, 1.54) is 17.9 Å². The van der Waals surface area contributed by atoms with Crippen molar-refractivity contribution in [2.45, 2.75) is 76.5 Å². The molecule has 0 radical (unpaired) electrons. The van der Waals surface area contributed by atoms with Crippen LogP contribution < -0.4 is 21.3 Å². The second-order valence-electron chi connectivity index (χ2n) is 12.9. The maximum atomic E-state index is 13.8. The SMILES string of the molecule is C[C@@H]1NC(=O)c2cc(on2)CN(C(=O)CCN2CCCCCC2=O)CCNC(=O)[C@@H](Cc2ccccc2)NC(=O)[C@H](Cc2ccccc2)NC1=O. The molecule has 3 aromatic rings. The minimum Gasteiger partial charge on any atom is -0.359 e. The van der Waals surface area contributed by atoms with Crippen molar-refractivity contribution in [2.24, 2.45) is 0 Å². The molecule has 0 saturated carbocycles. The number of aromatic nitrogens is 1. The van der Waals surface area contributed by atoms with Gasteiger partial charge in [0.15, 0.2) is 11.5 Å². The van der Waals surface area contributed by atoms with Crippen molar-refractivity contribution in [3.8, 4) is 0 Å². The lowest BCUT2D eigenvalue weighted by Gasteiger charge is -2.26. The Morgan fingerprint density at radius 3 is 2.14 bits per heavy atom. The molecule has 5 rings (SSSR count). The third kappa shape index (κ3) is 10.7. The van der Waals surface area contributed by atoms with E-state index in [4.69, 9.17) is 4.52 Å². The summed E-state index contributed by atoms with van der Waals surface area (Å²) >= 11 is 0. The van der Waals surface area contributed by atoms with Crippen LogP contribution in [0.15, 0.2) is 71.3 Å². The normalized spacial score (nSPS) is 21.4. The van der Waals surface area contributed by atoms with E-state index >= 15 is 0 Å². The van der Waals surface area contributed by atoms with Gasteiger partial charge in [0.25, 0.3) is 5.91 Å². The van der Waals surface area contributed by atoms with Gasteiger partial charge < -0.3 is 35.6 Å². The fraction of sp³-hybridized carbons (Fsp3) is 0.432. The van der Waals surface area contributed by atoms with Crippen LogP contribution in [0.2, 0.25) is 0 Å². The molecule has 0 unspecified atom stereocenters. The Balaban J connectivity index is 1.39. The molecule has 3 heterocycles. The van der Waals surface area contributed by atoms with E-state index in [0.29, 0.717) is 13.0 Å². The summed E-state index contributed by atoms with van der Waals surface area (Å²) in [4.78, 5) is 83.3. The molecule has 1 aromatic heterocycles. The number of carbonyl (C=O) groups excluding carboxylic acids is 6. The third-order valence-electron chi connectivity index (χ3n) is 9.01. The molecule has 2 bridgehead atoms. The van der Waals surface area contributed by atoms with Crippen molar-refractivity contribution in [2.75, 3.05) is 26.2 Å². The van der Waals surface area contributed by atoms with Gasteiger partial charge in [0, 0.05) is 57.9 Å². The van der Waals surface area contributed by atoms with Gasteiger partial charge in [-0.15, -0.1) is 0 Å². The van der Waals surface area contributed by atoms with Gasteiger partial charge in [0.05, 0.1) is 6.54 Å². The predicted octanol–water partition coefficient (Wildman–Crippen LogP) is 1.50. The van der Waals surface area contributed by atoms with Crippen molar-refractivity contribution in [3.63, 3.8) is 0 Å². The van der Waals surface area contributed by atoms with E-state index < -0.39 is 41.8 Å². The first-order chi connectivity index (χ1) is 24.7. The highest BCUT2D eigenvalue weighted by molar-refractivity contribution is 5.97. The molecule has 2 aliphatic heterocycles. The van der Waals surface area contributed by atoms with Gasteiger partial charge >= 0.3 is 0 Å². The van der Waals surface area contributed by atoms with Crippen molar-refractivity contribution in [1.29, 1.82) is 0 Å². The van der Waals surface area contributed by atoms with Crippen molar-refractivity contribution < 1.29 is 33.3 Å². The summed E-state index contributed by atoms with van der Waals surface area (Å²) in [7, 11) is 0. The monoisotopic (exact) mass is 699 g/mol. The molecule has 0 spiro atoms. The van der Waals surface area contributed by atoms with Crippen LogP contribution in [0.5, 0.6) is 0 Å². The fourth-order valence-corrected chi connectivity index (χ4v) is 6.10. The van der Waals surface area contributed by atoms with E-state index in [9.17, 15) is 28.8 Å². The number of amides is 6. The predicted molar refractivity (Wildman–Crippen MR) is 186 cm³/mol. The van der Waals surface area contributed by atoms with Crippen molar-refractivity contribution in [3.05, 3.63) is 89.3 Å². The lowest BCUT2D eigenvalue weighted by Crippen LogP contribution is -2.57. The summed E-state index contributed by atoms with van der Waals surface area (Å²) in [6.07, 6.45) is 3.50. The smallest absolute Gasteiger partial charge is 0.274 e. The zero-order chi connectivity index (χ0) is 36.2. The number of benzene rings is 2. The van der Waals surface area contributed by atoms with E-state index in [-0.39, 0.29) is 68.7 Å². The van der Waals surface area contributed by atoms with Gasteiger partial charge in [-0.1, -0.05) is 72.2 Å². The minimum atomic E-state index is -1.08. The highest BCUT2D eigenvalue weighted by atomic mass is 16.5. The van der Waals surface area contributed by atoms with Crippen LogP contribution in [-0.2, 0) is 43.4 Å². The largest absolute Gasteiger partial charge is 0.359 e. The van der Waals surface area contributed by atoms with Crippen molar-refractivity contribution in [1.82, 2.24) is 36.2 Å². The number of carbonyl (C=O) groups is 6. The summed E-state index contributed by atoms with van der Waals surface area (Å²) in [5.74, 6) is -2.37. The average molecular weight is 700 g/mol. The molecular formula is C37H45N7O7. The standard InChI is InChI=1S/C37H45N7O7/c1-25-34(47)40-30(22-27-13-7-3-8-14-27)36(49)41-29(21-26-11-5-2-6-12-26)35(48)38-17-20-44(24-28-23-31(42-51-28)37(50)39-25)33(46)16-19-43-18-10-4-9-15-32(43)45/h2-3,5-8,11-14,23,25,29-30H,4,9-10,15-22,24H2,1H3,(H,38,48)(H,39,50)(H,40,47)(H,41,49)/t25-,29+,30-/m0/s1. The summed E-state index contributed by atoms with van der Waals surface area (Å²) in [5.41, 5.74) is 1.49. The van der Waals surface area contributed by atoms with Gasteiger partial charge in [-0.2, -0.15) is 0 Å². The van der Waals surface area contributed by atoms with Crippen molar-refractivity contribution >= 4 is 35.4 Å². The topological polar surface area (TPSA) is 183 Å². The molecule has 4 N–H and O–H groups in total. The second kappa shape index (κ2) is 17.9. The Hall–Kier alpha value is -5.53. The maximum Gasteiger partial charge on any atom is 0.274 e. The highest BCUT2D eigenvalue weighted by Gasteiger charge is 2.30. The Kier molecular flexibility index (Phi) is 12.9. The molecule has 51 heavy (non-hydrogen) atoms. The molecule has 2 aromatic carbocycles. The molecule has 14 heteroatoms. The first kappa shape index (κ1) is 36.7. The molecule has 270 valence electrons. The molecule has 1 fully saturated rings. The Morgan fingerprint density at radius 1 is 0.804 bits per heavy atom. The van der Waals surface area contributed by atoms with E-state index in [1.54, 1.807) is 4.90 Å². The minimum absolute atomic E-state index is 0.0265. The van der Waals surface area contributed by atoms with Crippen LogP contribution in [-0.4, -0.2) is 94.7 Å². The summed E-state index contributed by atoms with van der Waals surface area (Å²) in [5, 5.41) is 14.9. The van der Waals surface area contributed by atoms with Gasteiger partial charge in [0.1, 0.15) is 18.1 Å². The molecular weight excluding hydrogens is 654 g/mol. The Bertz CT molecular complexity index is 1680. The van der Waals surface area contributed by atoms with E-state index in [1.807, 2.05) is 60.7 Å². The summed E-state index contributed by atoms with van der Waals surface area (Å²) in [6, 6.07) is 16.6. The zero-order valence-corrected chi connectivity index (χ0v) is 28.8. The maximum absolute atomic E-state index is 13.8. The summed E-state index contributed by atoms with van der Waals surface area (Å²) in [6.45, 7) is 2.41. The lowest BCUT2D eigenvalue weighted by molar-refractivity contribution is -0.135. The van der Waals surface area contributed by atoms with E-state index in [0.717, 1.165) is 30.4 Å². The Labute approximate surface area is 296 Å². The second-order valence-corrected chi connectivity index (χ2v) is 12.9. The van der Waals surface area contributed by atoms with Crippen LogP contribution in [0.3, 0.4) is 0 Å². The highest BCUT2D eigenvalue weighted by Crippen LogP contribution is 2.14. The Morgan fingerprint density at radius 2 is 1.45 bits per heavy atom. The van der Waals surface area contributed by atoms with Crippen LogP contribution in [0.1, 0.15) is 66.4 Å². The summed E-state index contributed by atoms with van der Waals surface area (Å²) < 4.78 is 5.41. The number of likely N-dealkylation sites (tertiary alicyclic amines) is 1. The van der Waals surface area contributed by atoms with Crippen LogP contribution in [0, 0.1) is 0 Å². The number of nitrogens with zero attached hydrogens (tertiary/aromatic N) is 3. The van der Waals surface area contributed by atoms with Gasteiger partial charge in [-0.3, -0.25) is 28.8 Å².